The van der Waals surface area contributed by atoms with Crippen molar-refractivity contribution in [2.75, 3.05) is 21.7 Å². The summed E-state index contributed by atoms with van der Waals surface area (Å²) in [6.45, 7) is 2.27. The lowest BCUT2D eigenvalue weighted by molar-refractivity contribution is -0.108. The van der Waals surface area contributed by atoms with Gasteiger partial charge in [0.25, 0.3) is 0 Å². The molecule has 1 aromatic carbocycles. The topological polar surface area (TPSA) is 107 Å². The fourth-order valence-corrected chi connectivity index (χ4v) is 3.09. The van der Waals surface area contributed by atoms with Crippen LogP contribution in [0.4, 0.5) is 17.3 Å². The van der Waals surface area contributed by atoms with E-state index in [1.807, 2.05) is 30.3 Å². The number of hydrogen-bond donors (Lipinski definition) is 2. The highest BCUT2D eigenvalue weighted by molar-refractivity contribution is 7.91. The Hall–Kier alpha value is -2.32. The molecule has 23 heavy (non-hydrogen) atoms. The Balaban J connectivity index is 2.00. The van der Waals surface area contributed by atoms with Gasteiger partial charge >= 0.3 is 5.16 Å². The molecule has 1 aliphatic rings. The van der Waals surface area contributed by atoms with Crippen LogP contribution >= 0.6 is 0 Å². The van der Waals surface area contributed by atoms with Gasteiger partial charge in [0.2, 0.25) is 0 Å². The normalized spacial score (nSPS) is 17.5. The molecule has 0 saturated carbocycles. The van der Waals surface area contributed by atoms with Gasteiger partial charge in [-0.3, -0.25) is 4.79 Å². The molecule has 2 atom stereocenters. The number of nitrogens with zero attached hydrogens (tertiary/aromatic N) is 3. The molecule has 2 aromatic rings. The van der Waals surface area contributed by atoms with Gasteiger partial charge in [-0.25, -0.2) is 0 Å². The average molecular weight is 331 g/mol. The number of hydrogen-bond acceptors (Lipinski definition) is 7. The lowest BCUT2D eigenvalue weighted by Gasteiger charge is -2.22. The van der Waals surface area contributed by atoms with Crippen LogP contribution in [0.1, 0.15) is 12.5 Å². The van der Waals surface area contributed by atoms with Gasteiger partial charge in [-0.2, -0.15) is 9.97 Å². The molecule has 0 fully saturated rings. The molecule has 120 valence electrons. The Labute approximate surface area is 137 Å². The van der Waals surface area contributed by atoms with Crippen molar-refractivity contribution in [3.63, 3.8) is 0 Å². The molecule has 0 bridgehead atoms. The maximum Gasteiger partial charge on any atom is 0.346 e. The number of nitrogens with one attached hydrogen (secondary N) is 1. The highest BCUT2D eigenvalue weighted by atomic mass is 32.2. The van der Waals surface area contributed by atoms with Crippen LogP contribution in [0.15, 0.2) is 35.5 Å². The van der Waals surface area contributed by atoms with Gasteiger partial charge in [-0.05, 0) is 12.5 Å². The molecule has 0 saturated heterocycles. The summed E-state index contributed by atoms with van der Waals surface area (Å²) in [5, 5.41) is 3.21. The SMILES string of the molecule is CC[S+]([O-])c1nc(N)c2c(n1)N(Cc1ccccc1)C(C=O)N2. The molecular formula is C15H17N5O2S. The van der Waals surface area contributed by atoms with Crippen molar-refractivity contribution in [2.45, 2.75) is 24.8 Å². The maximum absolute atomic E-state index is 12.0. The van der Waals surface area contributed by atoms with Gasteiger partial charge < -0.3 is 20.5 Å². The van der Waals surface area contributed by atoms with Gasteiger partial charge in [0, 0.05) is 17.7 Å². The number of aldehydes is 1. The zero-order chi connectivity index (χ0) is 16.4. The summed E-state index contributed by atoms with van der Waals surface area (Å²) in [7, 11) is 0. The largest absolute Gasteiger partial charge is 0.609 e. The van der Waals surface area contributed by atoms with Crippen molar-refractivity contribution in [3.05, 3.63) is 35.9 Å². The number of aromatic nitrogens is 2. The van der Waals surface area contributed by atoms with Crippen molar-refractivity contribution in [1.82, 2.24) is 9.97 Å². The number of nitrogens with two attached hydrogens (primary N) is 1. The Bertz CT molecular complexity index is 713. The highest BCUT2D eigenvalue weighted by Crippen LogP contribution is 2.37. The molecule has 0 amide bonds. The fraction of sp³-hybridized carbons (Fsp3) is 0.267. The van der Waals surface area contributed by atoms with Crippen LogP contribution in [0.5, 0.6) is 0 Å². The van der Waals surface area contributed by atoms with E-state index in [4.69, 9.17) is 5.73 Å². The van der Waals surface area contributed by atoms with E-state index in [1.54, 1.807) is 11.8 Å². The summed E-state index contributed by atoms with van der Waals surface area (Å²) in [6.07, 6.45) is 0.215. The second-order valence-electron chi connectivity index (χ2n) is 5.06. The minimum absolute atomic E-state index is 0.190. The molecule has 8 heteroatoms. The van der Waals surface area contributed by atoms with E-state index in [0.29, 0.717) is 23.8 Å². The molecule has 2 heterocycles. The van der Waals surface area contributed by atoms with E-state index in [9.17, 15) is 9.35 Å². The second-order valence-corrected chi connectivity index (χ2v) is 6.70. The van der Waals surface area contributed by atoms with Gasteiger partial charge in [-0.15, -0.1) is 0 Å². The molecule has 1 aromatic heterocycles. The molecule has 2 unspecified atom stereocenters. The van der Waals surface area contributed by atoms with E-state index in [0.717, 1.165) is 11.8 Å². The zero-order valence-electron chi connectivity index (χ0n) is 12.6. The maximum atomic E-state index is 12.0. The first-order valence-corrected chi connectivity index (χ1v) is 8.54. The zero-order valence-corrected chi connectivity index (χ0v) is 13.4. The first kappa shape index (κ1) is 15.6. The number of fused-ring (bicyclic) bond motifs is 1. The van der Waals surface area contributed by atoms with Crippen LogP contribution in [0, 0.1) is 0 Å². The van der Waals surface area contributed by atoms with Crippen LogP contribution in [0.25, 0.3) is 0 Å². The van der Waals surface area contributed by atoms with Crippen molar-refractivity contribution in [1.29, 1.82) is 0 Å². The molecule has 3 rings (SSSR count). The van der Waals surface area contributed by atoms with Crippen molar-refractivity contribution in [2.24, 2.45) is 0 Å². The third kappa shape index (κ3) is 2.95. The summed E-state index contributed by atoms with van der Waals surface area (Å²) in [5.41, 5.74) is 7.49. The molecule has 3 N–H and O–H groups in total. The number of anilines is 3. The molecule has 0 aliphatic carbocycles. The number of carbonyl (C=O) groups is 1. The number of nitrogen functional groups attached to an aromatic ring is 1. The van der Waals surface area contributed by atoms with Gasteiger partial charge in [0.05, 0.1) is 0 Å². The summed E-state index contributed by atoms with van der Waals surface area (Å²) < 4.78 is 12.0. The molecule has 0 radical (unpaired) electrons. The molecule has 0 spiro atoms. The van der Waals surface area contributed by atoms with Crippen molar-refractivity contribution in [3.8, 4) is 0 Å². The summed E-state index contributed by atoms with van der Waals surface area (Å²) in [6, 6.07) is 9.73. The Morgan fingerprint density at radius 3 is 2.78 bits per heavy atom. The van der Waals surface area contributed by atoms with Crippen LogP contribution in [-0.4, -0.2) is 32.7 Å². The van der Waals surface area contributed by atoms with E-state index in [1.165, 1.54) is 0 Å². The average Bonchev–Trinajstić information content (AvgIpc) is 2.93. The van der Waals surface area contributed by atoms with Crippen LogP contribution < -0.4 is 16.0 Å². The number of carbonyl (C=O) groups excluding carboxylic acids is 1. The summed E-state index contributed by atoms with van der Waals surface area (Å²) in [5.74, 6) is 1.12. The van der Waals surface area contributed by atoms with E-state index in [2.05, 4.69) is 15.3 Å². The fourth-order valence-electron chi connectivity index (χ4n) is 2.44. The standard InChI is InChI=1S/C15H17N5O2S/c1-2-23(22)15-18-13(16)12-14(19-15)20(11(9-21)17-12)8-10-6-4-3-5-7-10/h3-7,9,11,17H,2,8H2,1H3,(H2,16,18,19). The summed E-state index contributed by atoms with van der Waals surface area (Å²) in [4.78, 5) is 21.7. The third-order valence-corrected chi connectivity index (χ3v) is 4.70. The van der Waals surface area contributed by atoms with Gasteiger partial charge in [-0.1, -0.05) is 30.3 Å². The Kier molecular flexibility index (Phi) is 4.35. The van der Waals surface area contributed by atoms with Crippen molar-refractivity contribution >= 4 is 34.8 Å². The van der Waals surface area contributed by atoms with Crippen LogP contribution in [0.3, 0.4) is 0 Å². The summed E-state index contributed by atoms with van der Waals surface area (Å²) >= 11 is -1.31. The first-order chi connectivity index (χ1) is 11.1. The van der Waals surface area contributed by atoms with E-state index in [-0.39, 0.29) is 11.0 Å². The third-order valence-electron chi connectivity index (χ3n) is 3.59. The van der Waals surface area contributed by atoms with Crippen molar-refractivity contribution < 1.29 is 9.35 Å². The number of benzene rings is 1. The predicted molar refractivity (Wildman–Crippen MR) is 89.5 cm³/mol. The first-order valence-electron chi connectivity index (χ1n) is 7.22. The second kappa shape index (κ2) is 6.43. The Morgan fingerprint density at radius 1 is 1.39 bits per heavy atom. The lowest BCUT2D eigenvalue weighted by Crippen LogP contribution is -2.36. The van der Waals surface area contributed by atoms with Crippen LogP contribution in [-0.2, 0) is 22.5 Å². The molecular weight excluding hydrogens is 314 g/mol. The monoisotopic (exact) mass is 331 g/mol. The van der Waals surface area contributed by atoms with Gasteiger partial charge in [0.15, 0.2) is 24.1 Å². The Morgan fingerprint density at radius 2 is 2.13 bits per heavy atom. The minimum atomic E-state index is -1.31. The van der Waals surface area contributed by atoms with Gasteiger partial charge in [0.1, 0.15) is 11.4 Å². The van der Waals surface area contributed by atoms with E-state index < -0.39 is 17.3 Å². The van der Waals surface area contributed by atoms with Crippen LogP contribution in [0.2, 0.25) is 0 Å². The molecule has 7 nitrogen and oxygen atoms in total. The minimum Gasteiger partial charge on any atom is -0.609 e. The molecule has 1 aliphatic heterocycles. The number of rotatable bonds is 5. The lowest BCUT2D eigenvalue weighted by atomic mass is 10.2. The highest BCUT2D eigenvalue weighted by Gasteiger charge is 2.34. The van der Waals surface area contributed by atoms with E-state index >= 15 is 0 Å². The smallest absolute Gasteiger partial charge is 0.346 e. The quantitative estimate of drug-likeness (QED) is 0.480. The predicted octanol–water partition coefficient (Wildman–Crippen LogP) is 1.14.